The minimum atomic E-state index is -2.47. The van der Waals surface area contributed by atoms with Gasteiger partial charge in [-0.25, -0.2) is 8.78 Å². The topological polar surface area (TPSA) is 24.1 Å². The van der Waals surface area contributed by atoms with E-state index in [0.29, 0.717) is 5.11 Å². The number of alkyl halides is 2. The summed E-state index contributed by atoms with van der Waals surface area (Å²) >= 11 is 4.90. The normalized spacial score (nSPS) is 20.5. The van der Waals surface area contributed by atoms with Crippen molar-refractivity contribution in [1.82, 2.24) is 10.6 Å². The van der Waals surface area contributed by atoms with E-state index in [1.54, 1.807) is 0 Å². The quantitative estimate of drug-likeness (QED) is 0.690. The monoisotopic (exact) mass is 208 g/mol. The second-order valence-electron chi connectivity index (χ2n) is 3.36. The van der Waals surface area contributed by atoms with Gasteiger partial charge in [-0.05, 0) is 18.6 Å². The van der Waals surface area contributed by atoms with Gasteiger partial charge in [0.2, 0.25) is 0 Å². The zero-order chi connectivity index (χ0) is 9.90. The maximum absolute atomic E-state index is 12.4. The second kappa shape index (κ2) is 4.17. The third-order valence-electron chi connectivity index (χ3n) is 1.96. The van der Waals surface area contributed by atoms with Crippen molar-refractivity contribution in [3.05, 3.63) is 0 Å². The lowest BCUT2D eigenvalue weighted by Gasteiger charge is -2.36. The van der Waals surface area contributed by atoms with E-state index in [0.717, 1.165) is 13.0 Å². The maximum atomic E-state index is 12.4. The third-order valence-corrected chi connectivity index (χ3v) is 2.22. The van der Waals surface area contributed by atoms with Crippen molar-refractivity contribution in [2.24, 2.45) is 0 Å². The SMILES string of the molecule is CCCNC(=S)NC1CC(F)(F)C1. The predicted molar refractivity (Wildman–Crippen MR) is 52.0 cm³/mol. The van der Waals surface area contributed by atoms with Crippen LogP contribution >= 0.6 is 12.2 Å². The molecular formula is C8H14F2N2S. The summed E-state index contributed by atoms with van der Waals surface area (Å²) in [7, 11) is 0. The Bertz CT molecular complexity index is 189. The Kier molecular flexibility index (Phi) is 3.41. The highest BCUT2D eigenvalue weighted by atomic mass is 32.1. The largest absolute Gasteiger partial charge is 0.363 e. The van der Waals surface area contributed by atoms with Gasteiger partial charge in [-0.1, -0.05) is 6.92 Å². The molecule has 0 atom stereocenters. The summed E-state index contributed by atoms with van der Waals surface area (Å²) in [5, 5.41) is 6.27. The molecule has 1 aliphatic rings. The molecule has 1 fully saturated rings. The van der Waals surface area contributed by atoms with E-state index >= 15 is 0 Å². The molecule has 0 saturated heterocycles. The number of hydrogen-bond acceptors (Lipinski definition) is 1. The van der Waals surface area contributed by atoms with E-state index in [2.05, 4.69) is 10.6 Å². The summed E-state index contributed by atoms with van der Waals surface area (Å²) in [5.41, 5.74) is 0. The maximum Gasteiger partial charge on any atom is 0.252 e. The van der Waals surface area contributed by atoms with Crippen LogP contribution in [0.25, 0.3) is 0 Å². The summed E-state index contributed by atoms with van der Waals surface area (Å²) in [5.74, 6) is -2.47. The second-order valence-corrected chi connectivity index (χ2v) is 3.77. The first-order chi connectivity index (χ1) is 6.03. The molecule has 2 N–H and O–H groups in total. The van der Waals surface area contributed by atoms with Crippen LogP contribution in [0, 0.1) is 0 Å². The van der Waals surface area contributed by atoms with Gasteiger partial charge in [0.25, 0.3) is 5.92 Å². The van der Waals surface area contributed by atoms with Gasteiger partial charge in [0.15, 0.2) is 5.11 Å². The molecule has 2 nitrogen and oxygen atoms in total. The minimum Gasteiger partial charge on any atom is -0.363 e. The standard InChI is InChI=1S/C8H14F2N2S/c1-2-3-11-7(13)12-6-4-8(9,10)5-6/h6H,2-5H2,1H3,(H2,11,12,13). The van der Waals surface area contributed by atoms with Gasteiger partial charge in [-0.15, -0.1) is 0 Å². The first kappa shape index (κ1) is 10.6. The molecule has 76 valence electrons. The highest BCUT2D eigenvalue weighted by Crippen LogP contribution is 2.37. The first-order valence-electron chi connectivity index (χ1n) is 4.46. The molecule has 1 rings (SSSR count). The van der Waals surface area contributed by atoms with Crippen molar-refractivity contribution >= 4 is 17.3 Å². The van der Waals surface area contributed by atoms with Crippen molar-refractivity contribution in [2.45, 2.75) is 38.2 Å². The Hall–Kier alpha value is -0.450. The molecule has 0 heterocycles. The number of halogens is 2. The van der Waals surface area contributed by atoms with Crippen molar-refractivity contribution in [1.29, 1.82) is 0 Å². The molecule has 0 unspecified atom stereocenters. The van der Waals surface area contributed by atoms with E-state index in [1.807, 2.05) is 6.92 Å². The first-order valence-corrected chi connectivity index (χ1v) is 4.86. The fourth-order valence-corrected chi connectivity index (χ4v) is 1.51. The van der Waals surface area contributed by atoms with Gasteiger partial charge in [0, 0.05) is 25.4 Å². The average Bonchev–Trinajstić information content (AvgIpc) is 1.97. The highest BCUT2D eigenvalue weighted by molar-refractivity contribution is 7.80. The summed E-state index contributed by atoms with van der Waals surface area (Å²) in [6.07, 6.45) is 0.782. The molecule has 1 aliphatic carbocycles. The van der Waals surface area contributed by atoms with Crippen LogP contribution in [0.15, 0.2) is 0 Å². The van der Waals surface area contributed by atoms with E-state index in [-0.39, 0.29) is 18.9 Å². The fraction of sp³-hybridized carbons (Fsp3) is 0.875. The Balaban J connectivity index is 2.10. The van der Waals surface area contributed by atoms with E-state index in [4.69, 9.17) is 12.2 Å². The molecule has 0 bridgehead atoms. The Morgan fingerprint density at radius 1 is 1.54 bits per heavy atom. The third kappa shape index (κ3) is 3.42. The van der Waals surface area contributed by atoms with E-state index in [9.17, 15) is 8.78 Å². The van der Waals surface area contributed by atoms with Gasteiger partial charge >= 0.3 is 0 Å². The summed E-state index contributed by atoms with van der Waals surface area (Å²) < 4.78 is 24.8. The van der Waals surface area contributed by atoms with Crippen molar-refractivity contribution in [2.75, 3.05) is 6.54 Å². The van der Waals surface area contributed by atoms with Crippen molar-refractivity contribution < 1.29 is 8.78 Å². The lowest BCUT2D eigenvalue weighted by molar-refractivity contribution is -0.0886. The summed E-state index contributed by atoms with van der Waals surface area (Å²) in [6.45, 7) is 2.81. The van der Waals surface area contributed by atoms with Gasteiger partial charge in [-0.2, -0.15) is 0 Å². The smallest absolute Gasteiger partial charge is 0.252 e. The van der Waals surface area contributed by atoms with Crippen LogP contribution in [0.1, 0.15) is 26.2 Å². The molecule has 13 heavy (non-hydrogen) atoms. The molecule has 1 saturated carbocycles. The lowest BCUT2D eigenvalue weighted by atomic mass is 9.88. The zero-order valence-electron chi connectivity index (χ0n) is 7.57. The Morgan fingerprint density at radius 2 is 2.15 bits per heavy atom. The number of hydrogen-bond donors (Lipinski definition) is 2. The molecular weight excluding hydrogens is 194 g/mol. The van der Waals surface area contributed by atoms with Crippen LogP contribution in [0.2, 0.25) is 0 Å². The zero-order valence-corrected chi connectivity index (χ0v) is 8.39. The number of thiocarbonyl (C=S) groups is 1. The summed E-state index contributed by atoms with van der Waals surface area (Å²) in [6, 6.07) is -0.146. The molecule has 0 spiro atoms. The van der Waals surface area contributed by atoms with Crippen LogP contribution in [0.4, 0.5) is 8.78 Å². The van der Waals surface area contributed by atoms with Gasteiger partial charge < -0.3 is 10.6 Å². The molecule has 0 aliphatic heterocycles. The molecule has 0 amide bonds. The van der Waals surface area contributed by atoms with Gasteiger partial charge in [0.1, 0.15) is 0 Å². The van der Waals surface area contributed by atoms with Crippen LogP contribution in [-0.4, -0.2) is 23.6 Å². The van der Waals surface area contributed by atoms with Crippen LogP contribution in [0.3, 0.4) is 0 Å². The van der Waals surface area contributed by atoms with E-state index in [1.165, 1.54) is 0 Å². The highest BCUT2D eigenvalue weighted by Gasteiger charge is 2.45. The van der Waals surface area contributed by atoms with Gasteiger partial charge in [0.05, 0.1) is 0 Å². The molecule has 0 radical (unpaired) electrons. The molecule has 5 heteroatoms. The van der Waals surface area contributed by atoms with Crippen LogP contribution < -0.4 is 10.6 Å². The Morgan fingerprint density at radius 3 is 2.62 bits per heavy atom. The Labute approximate surface area is 82.1 Å². The number of nitrogens with one attached hydrogen (secondary N) is 2. The lowest BCUT2D eigenvalue weighted by Crippen LogP contribution is -2.53. The van der Waals surface area contributed by atoms with Crippen LogP contribution in [-0.2, 0) is 0 Å². The number of rotatable bonds is 3. The van der Waals surface area contributed by atoms with Gasteiger partial charge in [-0.3, -0.25) is 0 Å². The summed E-state index contributed by atoms with van der Waals surface area (Å²) in [4.78, 5) is 0. The predicted octanol–water partition coefficient (Wildman–Crippen LogP) is 1.66. The minimum absolute atomic E-state index is 0.0963. The van der Waals surface area contributed by atoms with Crippen LogP contribution in [0.5, 0.6) is 0 Å². The molecule has 0 aromatic carbocycles. The fourth-order valence-electron chi connectivity index (χ4n) is 1.24. The molecule has 0 aromatic rings. The van der Waals surface area contributed by atoms with E-state index < -0.39 is 5.92 Å². The molecule has 0 aromatic heterocycles. The van der Waals surface area contributed by atoms with Crippen molar-refractivity contribution in [3.63, 3.8) is 0 Å². The average molecular weight is 208 g/mol. The van der Waals surface area contributed by atoms with Crippen molar-refractivity contribution in [3.8, 4) is 0 Å².